The van der Waals surface area contributed by atoms with Gasteiger partial charge in [-0.15, -0.1) is 0 Å². The summed E-state index contributed by atoms with van der Waals surface area (Å²) in [5, 5.41) is 0. The zero-order valence-electron chi connectivity index (χ0n) is 13.8. The molecule has 0 fully saturated rings. The Balaban J connectivity index is 0.00000400. The van der Waals surface area contributed by atoms with Gasteiger partial charge in [-0.25, -0.2) is 4.57 Å². The Morgan fingerprint density at radius 1 is 0.810 bits per heavy atom. The molecular formula is C18H32ClNO. The van der Waals surface area contributed by atoms with Crippen molar-refractivity contribution in [2.45, 2.75) is 77.7 Å². The standard InChI is InChI=1S/C18H32NO.ClH/c1-3-4-5-6-7-8-9-10-11-12-15-19-16-13-18(20-2)14-17-19;/h13-14,16-17H,3-12,15H2,1-2H3;1H/q+1;/p-1. The number of unbranched alkanes of at least 4 members (excludes halogenated alkanes) is 9. The number of hydrogen-bond acceptors (Lipinski definition) is 1. The molecule has 1 rings (SSSR count). The lowest BCUT2D eigenvalue weighted by atomic mass is 10.1. The van der Waals surface area contributed by atoms with Crippen LogP contribution < -0.4 is 21.7 Å². The van der Waals surface area contributed by atoms with E-state index in [4.69, 9.17) is 4.74 Å². The van der Waals surface area contributed by atoms with Crippen LogP contribution in [0, 0.1) is 0 Å². The second kappa shape index (κ2) is 14.2. The second-order valence-electron chi connectivity index (χ2n) is 5.66. The molecule has 1 heterocycles. The molecule has 0 bridgehead atoms. The van der Waals surface area contributed by atoms with Gasteiger partial charge in [-0.05, 0) is 6.42 Å². The summed E-state index contributed by atoms with van der Waals surface area (Å²) >= 11 is 0. The van der Waals surface area contributed by atoms with Gasteiger partial charge in [0.05, 0.1) is 7.11 Å². The van der Waals surface area contributed by atoms with Crippen molar-refractivity contribution in [3.63, 3.8) is 0 Å². The van der Waals surface area contributed by atoms with Crippen LogP contribution in [0.1, 0.15) is 71.1 Å². The Kier molecular flexibility index (Phi) is 13.7. The number of aryl methyl sites for hydroxylation is 1. The zero-order chi connectivity index (χ0) is 14.5. The fourth-order valence-corrected chi connectivity index (χ4v) is 2.51. The molecule has 21 heavy (non-hydrogen) atoms. The highest BCUT2D eigenvalue weighted by atomic mass is 35.5. The van der Waals surface area contributed by atoms with Crippen LogP contribution in [0.3, 0.4) is 0 Å². The van der Waals surface area contributed by atoms with Crippen LogP contribution in [-0.2, 0) is 6.54 Å². The summed E-state index contributed by atoms with van der Waals surface area (Å²) in [4.78, 5) is 0. The highest BCUT2D eigenvalue weighted by Gasteiger charge is 2.00. The van der Waals surface area contributed by atoms with Crippen molar-refractivity contribution >= 4 is 0 Å². The monoisotopic (exact) mass is 313 g/mol. The number of ether oxygens (including phenoxy) is 1. The van der Waals surface area contributed by atoms with Crippen molar-refractivity contribution in [2.24, 2.45) is 0 Å². The van der Waals surface area contributed by atoms with Crippen LogP contribution >= 0.6 is 0 Å². The molecular weight excluding hydrogens is 282 g/mol. The molecule has 0 radical (unpaired) electrons. The number of hydrogen-bond donors (Lipinski definition) is 0. The first-order valence-corrected chi connectivity index (χ1v) is 8.40. The predicted molar refractivity (Wildman–Crippen MR) is 85.0 cm³/mol. The van der Waals surface area contributed by atoms with Crippen LogP contribution in [0.15, 0.2) is 24.5 Å². The molecule has 0 unspecified atom stereocenters. The third kappa shape index (κ3) is 10.6. The van der Waals surface area contributed by atoms with Gasteiger partial charge in [0.2, 0.25) is 0 Å². The number of pyridine rings is 1. The third-order valence-corrected chi connectivity index (χ3v) is 3.87. The fraction of sp³-hybridized carbons (Fsp3) is 0.722. The summed E-state index contributed by atoms with van der Waals surface area (Å²) in [5.41, 5.74) is 0. The van der Waals surface area contributed by atoms with Gasteiger partial charge in [-0.2, -0.15) is 0 Å². The van der Waals surface area contributed by atoms with E-state index >= 15 is 0 Å². The lowest BCUT2D eigenvalue weighted by Crippen LogP contribution is -3.00. The molecule has 2 nitrogen and oxygen atoms in total. The van der Waals surface area contributed by atoms with Gasteiger partial charge in [0.1, 0.15) is 12.3 Å². The van der Waals surface area contributed by atoms with Crippen molar-refractivity contribution in [2.75, 3.05) is 7.11 Å². The number of nitrogens with zero attached hydrogens (tertiary/aromatic N) is 1. The predicted octanol–water partition coefficient (Wildman–Crippen LogP) is 1.91. The lowest BCUT2D eigenvalue weighted by Gasteiger charge is -2.02. The molecule has 0 aliphatic carbocycles. The molecule has 0 atom stereocenters. The normalized spacial score (nSPS) is 10.2. The fourth-order valence-electron chi connectivity index (χ4n) is 2.51. The topological polar surface area (TPSA) is 13.1 Å². The molecule has 0 N–H and O–H groups in total. The largest absolute Gasteiger partial charge is 1.00 e. The minimum atomic E-state index is 0. The molecule has 0 aliphatic rings. The Labute approximate surface area is 137 Å². The zero-order valence-corrected chi connectivity index (χ0v) is 14.6. The van der Waals surface area contributed by atoms with Crippen LogP contribution in [0.2, 0.25) is 0 Å². The first kappa shape index (κ1) is 20.2. The van der Waals surface area contributed by atoms with Gasteiger partial charge >= 0.3 is 0 Å². The van der Waals surface area contributed by atoms with Gasteiger partial charge in [0, 0.05) is 18.6 Å². The third-order valence-electron chi connectivity index (χ3n) is 3.87. The Hall–Kier alpha value is -0.760. The molecule has 3 heteroatoms. The molecule has 0 spiro atoms. The average molecular weight is 314 g/mol. The summed E-state index contributed by atoms with van der Waals surface area (Å²) in [6.45, 7) is 3.40. The average Bonchev–Trinajstić information content (AvgIpc) is 2.50. The van der Waals surface area contributed by atoms with E-state index in [0.29, 0.717) is 0 Å². The molecule has 0 aliphatic heterocycles. The highest BCUT2D eigenvalue weighted by Crippen LogP contribution is 2.10. The molecule has 0 aromatic carbocycles. The summed E-state index contributed by atoms with van der Waals surface area (Å²) in [6.07, 6.45) is 18.2. The molecule has 122 valence electrons. The van der Waals surface area contributed by atoms with E-state index < -0.39 is 0 Å². The van der Waals surface area contributed by atoms with Crippen LogP contribution in [0.25, 0.3) is 0 Å². The van der Waals surface area contributed by atoms with Crippen LogP contribution in [-0.4, -0.2) is 7.11 Å². The van der Waals surface area contributed by atoms with Gasteiger partial charge in [-0.3, -0.25) is 0 Å². The maximum absolute atomic E-state index is 5.16. The highest BCUT2D eigenvalue weighted by molar-refractivity contribution is 5.14. The Bertz CT molecular complexity index is 326. The number of rotatable bonds is 12. The van der Waals surface area contributed by atoms with Crippen LogP contribution in [0.4, 0.5) is 0 Å². The molecule has 0 saturated carbocycles. The molecule has 0 saturated heterocycles. The van der Waals surface area contributed by atoms with E-state index in [1.54, 1.807) is 7.11 Å². The summed E-state index contributed by atoms with van der Waals surface area (Å²) in [7, 11) is 1.71. The summed E-state index contributed by atoms with van der Waals surface area (Å²) in [5.74, 6) is 0.935. The minimum absolute atomic E-state index is 0. The van der Waals surface area contributed by atoms with Gasteiger partial charge in [-0.1, -0.05) is 58.3 Å². The van der Waals surface area contributed by atoms with Crippen molar-refractivity contribution in [3.05, 3.63) is 24.5 Å². The summed E-state index contributed by atoms with van der Waals surface area (Å²) < 4.78 is 7.40. The van der Waals surface area contributed by atoms with Gasteiger partial charge in [0.25, 0.3) is 0 Å². The van der Waals surface area contributed by atoms with Gasteiger partial charge < -0.3 is 17.1 Å². The maximum atomic E-state index is 5.16. The van der Waals surface area contributed by atoms with E-state index in [1.165, 1.54) is 64.2 Å². The SMILES string of the molecule is CCCCCCCCCCCC[n+]1ccc(OC)cc1.[Cl-]. The van der Waals surface area contributed by atoms with Crippen molar-refractivity contribution in [1.29, 1.82) is 0 Å². The number of halogens is 1. The van der Waals surface area contributed by atoms with E-state index in [2.05, 4.69) is 23.9 Å². The maximum Gasteiger partial charge on any atom is 0.172 e. The van der Waals surface area contributed by atoms with E-state index in [0.717, 1.165) is 12.3 Å². The second-order valence-corrected chi connectivity index (χ2v) is 5.66. The van der Waals surface area contributed by atoms with E-state index in [-0.39, 0.29) is 12.4 Å². The molecule has 1 aromatic heterocycles. The van der Waals surface area contributed by atoms with Gasteiger partial charge in [0.15, 0.2) is 12.4 Å². The Morgan fingerprint density at radius 3 is 1.76 bits per heavy atom. The van der Waals surface area contributed by atoms with E-state index in [9.17, 15) is 0 Å². The van der Waals surface area contributed by atoms with Crippen molar-refractivity contribution < 1.29 is 21.7 Å². The lowest BCUT2D eigenvalue weighted by molar-refractivity contribution is -0.697. The quantitative estimate of drug-likeness (QED) is 0.424. The van der Waals surface area contributed by atoms with E-state index in [1.807, 2.05) is 12.1 Å². The molecule has 1 aromatic rings. The van der Waals surface area contributed by atoms with Crippen molar-refractivity contribution in [3.8, 4) is 5.75 Å². The first-order valence-electron chi connectivity index (χ1n) is 8.40. The first-order chi connectivity index (χ1) is 9.86. The Morgan fingerprint density at radius 2 is 1.29 bits per heavy atom. The number of aromatic nitrogens is 1. The number of methoxy groups -OCH3 is 1. The van der Waals surface area contributed by atoms with Crippen LogP contribution in [0.5, 0.6) is 5.75 Å². The summed E-state index contributed by atoms with van der Waals surface area (Å²) in [6, 6.07) is 4.05. The van der Waals surface area contributed by atoms with Crippen molar-refractivity contribution in [1.82, 2.24) is 0 Å². The molecule has 0 amide bonds. The minimum Gasteiger partial charge on any atom is -1.00 e. The smallest absolute Gasteiger partial charge is 0.172 e.